The van der Waals surface area contributed by atoms with Gasteiger partial charge < -0.3 is 10.1 Å². The Morgan fingerprint density at radius 1 is 1.47 bits per heavy atom. The Balaban J connectivity index is 2.86. The molecule has 0 saturated heterocycles. The second kappa shape index (κ2) is 5.66. The van der Waals surface area contributed by atoms with Crippen LogP contribution in [-0.4, -0.2) is 30.2 Å². The summed E-state index contributed by atoms with van der Waals surface area (Å²) in [5, 5.41) is 3.04. The van der Waals surface area contributed by atoms with Gasteiger partial charge in [0.15, 0.2) is 0 Å². The fourth-order valence-electron chi connectivity index (χ4n) is 1.29. The van der Waals surface area contributed by atoms with Crippen LogP contribution in [0, 0.1) is 0 Å². The average Bonchev–Trinajstić information content (AvgIpc) is 2.28. The zero-order chi connectivity index (χ0) is 11.3. The topological polar surface area (TPSA) is 47.0 Å². The van der Waals surface area contributed by atoms with Crippen molar-refractivity contribution >= 4 is 5.82 Å². The van der Waals surface area contributed by atoms with Gasteiger partial charge in [-0.25, -0.2) is 9.97 Å². The highest BCUT2D eigenvalue weighted by molar-refractivity contribution is 5.35. The van der Waals surface area contributed by atoms with Crippen molar-refractivity contribution in [3.05, 3.63) is 17.6 Å². The number of aryl methyl sites for hydroxylation is 1. The predicted octanol–water partition coefficient (Wildman–Crippen LogP) is 1.66. The molecule has 0 bridgehead atoms. The summed E-state index contributed by atoms with van der Waals surface area (Å²) in [6, 6.07) is 1.97. The van der Waals surface area contributed by atoms with Crippen molar-refractivity contribution in [3.63, 3.8) is 0 Å². The Labute approximate surface area is 91.1 Å². The van der Waals surface area contributed by atoms with Gasteiger partial charge >= 0.3 is 0 Å². The van der Waals surface area contributed by atoms with Gasteiger partial charge in [-0.05, 0) is 13.3 Å². The Hall–Kier alpha value is -1.16. The van der Waals surface area contributed by atoms with Crippen molar-refractivity contribution in [1.29, 1.82) is 0 Å². The molecule has 0 spiro atoms. The van der Waals surface area contributed by atoms with Crippen LogP contribution >= 0.6 is 0 Å². The second-order valence-corrected chi connectivity index (χ2v) is 3.51. The lowest BCUT2D eigenvalue weighted by molar-refractivity contribution is 0.117. The molecule has 0 saturated carbocycles. The molecule has 15 heavy (non-hydrogen) atoms. The molecule has 1 rings (SSSR count). The third kappa shape index (κ3) is 3.47. The Bertz CT molecular complexity index is 292. The molecule has 4 heteroatoms. The molecule has 1 aromatic heterocycles. The Morgan fingerprint density at radius 2 is 2.20 bits per heavy atom. The van der Waals surface area contributed by atoms with Crippen LogP contribution in [0.4, 0.5) is 5.82 Å². The van der Waals surface area contributed by atoms with Crippen molar-refractivity contribution in [1.82, 2.24) is 9.97 Å². The predicted molar refractivity (Wildman–Crippen MR) is 61.1 cm³/mol. The number of aromatic nitrogens is 2. The summed E-state index contributed by atoms with van der Waals surface area (Å²) in [6.07, 6.45) is 1.83. The van der Waals surface area contributed by atoms with Crippen LogP contribution in [0.2, 0.25) is 0 Å². The summed E-state index contributed by atoms with van der Waals surface area (Å²) in [6.45, 7) is 4.10. The van der Waals surface area contributed by atoms with Gasteiger partial charge in [-0.1, -0.05) is 6.92 Å². The number of hydrogen-bond donors (Lipinski definition) is 1. The van der Waals surface area contributed by atoms with Crippen molar-refractivity contribution in [2.24, 2.45) is 0 Å². The largest absolute Gasteiger partial charge is 0.381 e. The molecule has 0 aliphatic heterocycles. The van der Waals surface area contributed by atoms with Crippen molar-refractivity contribution in [2.45, 2.75) is 32.8 Å². The van der Waals surface area contributed by atoms with Crippen molar-refractivity contribution in [3.8, 4) is 0 Å². The van der Waals surface area contributed by atoms with E-state index < -0.39 is 0 Å². The number of anilines is 1. The molecule has 0 aliphatic carbocycles. The van der Waals surface area contributed by atoms with E-state index >= 15 is 0 Å². The molecule has 1 unspecified atom stereocenters. The first kappa shape index (κ1) is 11.9. The van der Waals surface area contributed by atoms with Crippen LogP contribution in [0.3, 0.4) is 0 Å². The average molecular weight is 209 g/mol. The lowest BCUT2D eigenvalue weighted by Gasteiger charge is -2.10. The van der Waals surface area contributed by atoms with E-state index in [2.05, 4.69) is 22.2 Å². The molecule has 0 aliphatic rings. The smallest absolute Gasteiger partial charge is 0.133 e. The lowest BCUT2D eigenvalue weighted by Crippen LogP contribution is -2.13. The maximum absolute atomic E-state index is 5.20. The highest BCUT2D eigenvalue weighted by Gasteiger charge is 2.07. The van der Waals surface area contributed by atoms with Gasteiger partial charge in [-0.3, -0.25) is 0 Å². The fraction of sp³-hybridized carbons (Fsp3) is 0.636. The van der Waals surface area contributed by atoms with Gasteiger partial charge in [0.1, 0.15) is 11.6 Å². The quantitative estimate of drug-likeness (QED) is 0.801. The summed E-state index contributed by atoms with van der Waals surface area (Å²) in [5.74, 6) is 1.72. The molecular weight excluding hydrogens is 190 g/mol. The zero-order valence-electron chi connectivity index (χ0n) is 9.87. The number of nitrogens with one attached hydrogen (secondary N) is 1. The van der Waals surface area contributed by atoms with Gasteiger partial charge in [0.05, 0.1) is 6.10 Å². The SMILES string of the molecule is CCc1cc(NC)nc(CC(C)OC)n1. The van der Waals surface area contributed by atoms with E-state index in [1.165, 1.54) is 0 Å². The van der Waals surface area contributed by atoms with Gasteiger partial charge in [0.2, 0.25) is 0 Å². The van der Waals surface area contributed by atoms with Gasteiger partial charge in [0, 0.05) is 32.3 Å². The third-order valence-electron chi connectivity index (χ3n) is 2.32. The number of methoxy groups -OCH3 is 1. The highest BCUT2D eigenvalue weighted by atomic mass is 16.5. The summed E-state index contributed by atoms with van der Waals surface area (Å²) in [4.78, 5) is 8.84. The molecule has 1 aromatic rings. The lowest BCUT2D eigenvalue weighted by atomic mass is 10.2. The van der Waals surface area contributed by atoms with E-state index in [4.69, 9.17) is 4.74 Å². The van der Waals surface area contributed by atoms with E-state index in [1.807, 2.05) is 20.0 Å². The summed E-state index contributed by atoms with van der Waals surface area (Å²) in [7, 11) is 3.57. The van der Waals surface area contributed by atoms with Crippen molar-refractivity contribution in [2.75, 3.05) is 19.5 Å². The van der Waals surface area contributed by atoms with Gasteiger partial charge in [-0.15, -0.1) is 0 Å². The minimum Gasteiger partial charge on any atom is -0.381 e. The molecule has 1 atom stereocenters. The highest BCUT2D eigenvalue weighted by Crippen LogP contribution is 2.09. The molecule has 0 fully saturated rings. The Kier molecular flexibility index (Phi) is 4.49. The summed E-state index contributed by atoms with van der Waals surface area (Å²) >= 11 is 0. The number of nitrogens with zero attached hydrogens (tertiary/aromatic N) is 2. The second-order valence-electron chi connectivity index (χ2n) is 3.51. The molecule has 1 heterocycles. The number of hydrogen-bond acceptors (Lipinski definition) is 4. The van der Waals surface area contributed by atoms with Crippen LogP contribution in [0.1, 0.15) is 25.4 Å². The van der Waals surface area contributed by atoms with E-state index in [1.54, 1.807) is 7.11 Å². The first-order valence-electron chi connectivity index (χ1n) is 5.27. The minimum absolute atomic E-state index is 0.154. The van der Waals surface area contributed by atoms with E-state index in [9.17, 15) is 0 Å². The summed E-state index contributed by atoms with van der Waals surface area (Å²) in [5.41, 5.74) is 1.06. The van der Waals surface area contributed by atoms with Crippen LogP contribution in [-0.2, 0) is 17.6 Å². The standard InChI is InChI=1S/C11H19N3O/c1-5-9-7-10(12-3)14-11(13-9)6-8(2)15-4/h7-8H,5-6H2,1-4H3,(H,12,13,14). The van der Waals surface area contributed by atoms with E-state index in [0.29, 0.717) is 0 Å². The first-order valence-corrected chi connectivity index (χ1v) is 5.27. The molecule has 0 radical (unpaired) electrons. The van der Waals surface area contributed by atoms with Crippen LogP contribution in [0.15, 0.2) is 6.07 Å². The summed E-state index contributed by atoms with van der Waals surface area (Å²) < 4.78 is 5.20. The Morgan fingerprint density at radius 3 is 2.73 bits per heavy atom. The molecule has 84 valence electrons. The molecule has 0 amide bonds. The van der Waals surface area contributed by atoms with E-state index in [-0.39, 0.29) is 6.10 Å². The van der Waals surface area contributed by atoms with E-state index in [0.717, 1.165) is 30.2 Å². The molecule has 0 aromatic carbocycles. The monoisotopic (exact) mass is 209 g/mol. The third-order valence-corrected chi connectivity index (χ3v) is 2.32. The minimum atomic E-state index is 0.154. The van der Waals surface area contributed by atoms with Gasteiger partial charge in [-0.2, -0.15) is 0 Å². The van der Waals surface area contributed by atoms with Crippen LogP contribution < -0.4 is 5.32 Å². The fourth-order valence-corrected chi connectivity index (χ4v) is 1.29. The van der Waals surface area contributed by atoms with Crippen LogP contribution in [0.25, 0.3) is 0 Å². The molecule has 4 nitrogen and oxygen atoms in total. The maximum atomic E-state index is 5.20. The van der Waals surface area contributed by atoms with Gasteiger partial charge in [0.25, 0.3) is 0 Å². The molecular formula is C11H19N3O. The molecule has 1 N–H and O–H groups in total. The van der Waals surface area contributed by atoms with Crippen LogP contribution in [0.5, 0.6) is 0 Å². The number of ether oxygens (including phenoxy) is 1. The number of rotatable bonds is 5. The zero-order valence-corrected chi connectivity index (χ0v) is 9.87. The first-order chi connectivity index (χ1) is 7.19. The van der Waals surface area contributed by atoms with Crippen molar-refractivity contribution < 1.29 is 4.74 Å². The normalized spacial score (nSPS) is 12.5. The maximum Gasteiger partial charge on any atom is 0.133 e.